The summed E-state index contributed by atoms with van der Waals surface area (Å²) in [5.74, 6) is 3.46. The van der Waals surface area contributed by atoms with Gasteiger partial charge < -0.3 is 80.4 Å². The first-order valence-corrected chi connectivity index (χ1v) is 32.8. The molecule has 2 saturated carbocycles. The first-order valence-electron chi connectivity index (χ1n) is 32.8. The lowest BCUT2D eigenvalue weighted by atomic mass is 9.63. The summed E-state index contributed by atoms with van der Waals surface area (Å²) in [4.78, 5) is 83.0. The summed E-state index contributed by atoms with van der Waals surface area (Å²) in [7, 11) is 0. The number of carbonyl (C=O) groups excluding carboxylic acids is 6. The van der Waals surface area contributed by atoms with Crippen LogP contribution in [0.1, 0.15) is 98.4 Å². The molecule has 15 heterocycles. The minimum Gasteiger partial charge on any atom is -0.461 e. The van der Waals surface area contributed by atoms with Crippen LogP contribution in [0.3, 0.4) is 0 Å². The first kappa shape index (κ1) is 64.7. The highest BCUT2D eigenvalue weighted by molar-refractivity contribution is 6.01. The third-order valence-electron chi connectivity index (χ3n) is 19.3. The number of carbonyl (C=O) groups is 6. The molecule has 1 aromatic carbocycles. The molecule has 6 amide bonds. The van der Waals surface area contributed by atoms with Crippen LogP contribution in [0.15, 0.2) is 176 Å². The predicted octanol–water partition coefficient (Wildman–Crippen LogP) is 8.96. The fraction of sp³-hybridized carbons (Fsp3) is 0.400. The van der Waals surface area contributed by atoms with Gasteiger partial charge >= 0.3 is 0 Å². The average molecular weight is 1340 g/mol. The topological polar surface area (TPSA) is 323 Å². The fourth-order valence-corrected chi connectivity index (χ4v) is 13.4. The SMILES string of the molecule is NC(=CC(=O)N1CCOCC1)C(=O)N1CC(c2ccccc2)C1.O=C(c1cc(-c2ccco2)on1)N1CC(F)C1.O=C(c1cc(-c2ccco2)on1)N1CC2(CCC2)C1.O=C(c1cc(-c2ccco2)on1)N1CC2(CCCC2)C1.O=C(c1cc(-c2ccco2)on1)N1CC2(COC2)C1. The number of hydrogen-bond acceptors (Lipinski definition) is 21. The van der Waals surface area contributed by atoms with Gasteiger partial charge in [-0.2, -0.15) is 0 Å². The summed E-state index contributed by atoms with van der Waals surface area (Å²) in [6, 6.07) is 30.5. The molecule has 510 valence electrons. The van der Waals surface area contributed by atoms with E-state index in [1.165, 1.54) is 73.8 Å². The van der Waals surface area contributed by atoms with Crippen molar-refractivity contribution in [2.75, 3.05) is 105 Å². The molecule has 9 aliphatic rings. The summed E-state index contributed by atoms with van der Waals surface area (Å²) in [5.41, 5.74) is 9.31. The van der Waals surface area contributed by atoms with Crippen molar-refractivity contribution in [2.24, 2.45) is 22.0 Å². The number of aromatic nitrogens is 4. The highest BCUT2D eigenvalue weighted by Gasteiger charge is 2.52. The van der Waals surface area contributed by atoms with E-state index >= 15 is 0 Å². The van der Waals surface area contributed by atoms with Crippen LogP contribution in [0.25, 0.3) is 46.1 Å². The van der Waals surface area contributed by atoms with E-state index in [1.54, 1.807) is 100 Å². The van der Waals surface area contributed by atoms with Crippen LogP contribution >= 0.6 is 0 Å². The predicted molar refractivity (Wildman–Crippen MR) is 341 cm³/mol. The van der Waals surface area contributed by atoms with Gasteiger partial charge in [-0.25, -0.2) is 4.39 Å². The molecule has 7 aliphatic heterocycles. The number of likely N-dealkylation sites (tertiary alicyclic amines) is 5. The molecule has 18 rings (SSSR count). The third-order valence-corrected chi connectivity index (χ3v) is 19.3. The molecule has 98 heavy (non-hydrogen) atoms. The Labute approximate surface area is 560 Å². The Morgan fingerprint density at radius 1 is 0.439 bits per heavy atom. The van der Waals surface area contributed by atoms with Gasteiger partial charge in [-0.1, -0.05) is 70.2 Å². The second kappa shape index (κ2) is 27.9. The maximum Gasteiger partial charge on any atom is 0.276 e. The van der Waals surface area contributed by atoms with Crippen molar-refractivity contribution in [3.05, 3.63) is 168 Å². The van der Waals surface area contributed by atoms with Gasteiger partial charge in [0.2, 0.25) is 28.9 Å². The van der Waals surface area contributed by atoms with Gasteiger partial charge in [0.1, 0.15) is 11.9 Å². The number of nitrogens with two attached hydrogens (primary N) is 1. The van der Waals surface area contributed by atoms with Crippen LogP contribution in [0.2, 0.25) is 0 Å². The molecule has 9 fully saturated rings. The Kier molecular flexibility index (Phi) is 18.4. The molecule has 0 atom stereocenters. The van der Waals surface area contributed by atoms with Crippen molar-refractivity contribution >= 4 is 35.4 Å². The molecule has 0 bridgehead atoms. The standard InChI is InChI=1S/C17H21N3O3.C15H16N2O3.C14H14N2O3.C13H12N2O4.C11H9FN2O3/c18-15(10-16(21)19-6-8-23-9-7-19)17(22)20-11-14(12-20)13-4-2-1-3-5-13;18-14(17-9-15(10-17)5-1-2-6-15)11-8-13(20-16-11)12-4-3-7-19-12;17-13(16-8-14(9-16)4-2-5-14)10-7-12(19-15-10)11-3-1-6-18-11;16-12(15-5-13(6-15)7-17-8-13)9-4-11(19-14-9)10-2-1-3-18-10;12-7-5-14(6-7)11(15)8-4-10(17-13-8)9-2-1-3-16-9/h1-5,10,14H,6-9,11-12,18H2;3-4,7-8H,1-2,5-6,9-10H2;1,3,6-7H,2,4-5,8-9H2;1-4H,5-8H2;1-4,7H,5-6H2. The lowest BCUT2D eigenvalue weighted by Crippen LogP contribution is -2.67. The molecule has 2 N–H and O–H groups in total. The summed E-state index contributed by atoms with van der Waals surface area (Å²) < 4.78 is 64.2. The van der Waals surface area contributed by atoms with Crippen LogP contribution in [0, 0.1) is 16.2 Å². The van der Waals surface area contributed by atoms with E-state index in [2.05, 4.69) is 32.8 Å². The number of morpholine rings is 1. The Morgan fingerprint density at radius 3 is 1.17 bits per heavy atom. The van der Waals surface area contributed by atoms with Gasteiger partial charge in [0, 0.05) is 113 Å². The van der Waals surface area contributed by atoms with Crippen LogP contribution < -0.4 is 5.73 Å². The van der Waals surface area contributed by atoms with E-state index in [4.69, 9.17) is 51.0 Å². The number of benzene rings is 1. The van der Waals surface area contributed by atoms with Crippen molar-refractivity contribution in [2.45, 2.75) is 57.0 Å². The molecular weight excluding hydrogens is 1270 g/mol. The molecular formula is C70H72FN11O16. The number of amides is 6. The van der Waals surface area contributed by atoms with Crippen LogP contribution in [-0.4, -0.2) is 197 Å². The number of halogens is 1. The smallest absolute Gasteiger partial charge is 0.276 e. The zero-order valence-corrected chi connectivity index (χ0v) is 53.6. The van der Waals surface area contributed by atoms with Crippen LogP contribution in [-0.2, 0) is 19.1 Å². The van der Waals surface area contributed by atoms with E-state index in [-0.39, 0.29) is 65.3 Å². The Hall–Kier alpha value is -10.6. The third kappa shape index (κ3) is 14.0. The van der Waals surface area contributed by atoms with Crippen molar-refractivity contribution in [1.82, 2.24) is 50.0 Å². The summed E-state index contributed by atoms with van der Waals surface area (Å²) >= 11 is 0. The lowest BCUT2D eigenvalue weighted by molar-refractivity contribution is -0.176. The molecule has 2 aliphatic carbocycles. The molecule has 28 heteroatoms. The lowest BCUT2D eigenvalue weighted by Gasteiger charge is -2.55. The number of ether oxygens (including phenoxy) is 2. The molecule has 3 spiro atoms. The number of hydrogen-bond donors (Lipinski definition) is 1. The van der Waals surface area contributed by atoms with E-state index in [1.807, 2.05) is 28.0 Å². The summed E-state index contributed by atoms with van der Waals surface area (Å²) in [6.45, 7) is 10.1. The second-order valence-corrected chi connectivity index (χ2v) is 26.4. The van der Waals surface area contributed by atoms with E-state index in [9.17, 15) is 33.2 Å². The van der Waals surface area contributed by atoms with E-state index < -0.39 is 6.17 Å². The Balaban J connectivity index is 0.000000105. The molecule has 0 unspecified atom stereocenters. The molecule has 8 aromatic heterocycles. The largest absolute Gasteiger partial charge is 0.461 e. The van der Waals surface area contributed by atoms with Gasteiger partial charge in [-0.05, 0) is 79.8 Å². The quantitative estimate of drug-likeness (QED) is 0.118. The van der Waals surface area contributed by atoms with Crippen LogP contribution in [0.4, 0.5) is 4.39 Å². The highest BCUT2D eigenvalue weighted by atomic mass is 19.1. The second-order valence-electron chi connectivity index (χ2n) is 26.4. The van der Waals surface area contributed by atoms with Gasteiger partial charge in [0.25, 0.3) is 29.5 Å². The van der Waals surface area contributed by atoms with Crippen molar-refractivity contribution < 1.29 is 78.4 Å². The number of alkyl halides is 1. The van der Waals surface area contributed by atoms with Crippen molar-refractivity contribution in [3.63, 3.8) is 0 Å². The first-order chi connectivity index (χ1) is 47.7. The van der Waals surface area contributed by atoms with Gasteiger partial charge in [0.15, 0.2) is 45.8 Å². The summed E-state index contributed by atoms with van der Waals surface area (Å²) in [5, 5.41) is 15.2. The van der Waals surface area contributed by atoms with Crippen molar-refractivity contribution in [1.29, 1.82) is 0 Å². The minimum absolute atomic E-state index is 0.00741. The van der Waals surface area contributed by atoms with Gasteiger partial charge in [0.05, 0.1) is 70.0 Å². The number of rotatable bonds is 11. The maximum absolute atomic E-state index is 12.6. The molecule has 9 aromatic rings. The van der Waals surface area contributed by atoms with Gasteiger partial charge in [-0.15, -0.1) is 0 Å². The molecule has 7 saturated heterocycles. The molecule has 27 nitrogen and oxygen atoms in total. The number of nitrogens with zero attached hydrogens (tertiary/aromatic N) is 10. The Bertz CT molecular complexity index is 4100. The number of furan rings is 4. The van der Waals surface area contributed by atoms with Gasteiger partial charge in [-0.3, -0.25) is 28.8 Å². The zero-order chi connectivity index (χ0) is 67.4. The van der Waals surface area contributed by atoms with Crippen molar-refractivity contribution in [3.8, 4) is 46.1 Å². The van der Waals surface area contributed by atoms with E-state index in [0.29, 0.717) is 119 Å². The highest BCUT2D eigenvalue weighted by Crippen LogP contribution is 2.49. The van der Waals surface area contributed by atoms with Crippen LogP contribution in [0.5, 0.6) is 0 Å². The average Bonchev–Trinajstić information content (AvgIpc) is 1.30. The zero-order valence-electron chi connectivity index (χ0n) is 53.6. The normalized spacial score (nSPS) is 19.3. The van der Waals surface area contributed by atoms with E-state index in [0.717, 1.165) is 52.5 Å². The Morgan fingerprint density at radius 2 is 0.827 bits per heavy atom. The fourth-order valence-electron chi connectivity index (χ4n) is 13.4. The summed E-state index contributed by atoms with van der Waals surface area (Å²) in [6.07, 6.45) is 15.4. The molecule has 0 radical (unpaired) electrons. The minimum atomic E-state index is -0.921. The maximum atomic E-state index is 12.6. The monoisotopic (exact) mass is 1340 g/mol.